The standard InChI is InChI=1S/C22H27O/c1-21(2,3)16-8-9-18-14(11-16)10-15-12-17(22(4,5)6)13-19(23-7)20(15)18/h8-13H,1-7H3. The SMILES string of the molecule is COc1cc(C(C)(C)C)cc2c1-c1ccc(C(C)(C)C)cc1[CH]2. The van der Waals surface area contributed by atoms with Gasteiger partial charge in [0.1, 0.15) is 5.75 Å². The van der Waals surface area contributed by atoms with Gasteiger partial charge in [-0.05, 0) is 44.7 Å². The third kappa shape index (κ3) is 2.78. The van der Waals surface area contributed by atoms with Crippen LogP contribution in [0.3, 0.4) is 0 Å². The van der Waals surface area contributed by atoms with Gasteiger partial charge < -0.3 is 4.74 Å². The first kappa shape index (κ1) is 16.1. The van der Waals surface area contributed by atoms with Crippen LogP contribution in [0.5, 0.6) is 5.75 Å². The van der Waals surface area contributed by atoms with Crippen LogP contribution in [0.25, 0.3) is 11.1 Å². The van der Waals surface area contributed by atoms with E-state index in [-0.39, 0.29) is 10.8 Å². The summed E-state index contributed by atoms with van der Waals surface area (Å²) >= 11 is 0. The van der Waals surface area contributed by atoms with Gasteiger partial charge in [0.15, 0.2) is 0 Å². The second-order valence-corrected chi connectivity index (χ2v) is 8.59. The maximum atomic E-state index is 5.73. The van der Waals surface area contributed by atoms with Crippen LogP contribution in [0.15, 0.2) is 30.3 Å². The summed E-state index contributed by atoms with van der Waals surface area (Å²) < 4.78 is 5.73. The van der Waals surface area contributed by atoms with Gasteiger partial charge in [-0.2, -0.15) is 0 Å². The van der Waals surface area contributed by atoms with Crippen LogP contribution in [0, 0.1) is 6.42 Å². The van der Waals surface area contributed by atoms with Gasteiger partial charge in [0, 0.05) is 12.0 Å². The molecule has 3 rings (SSSR count). The highest BCUT2D eigenvalue weighted by atomic mass is 16.5. The van der Waals surface area contributed by atoms with Gasteiger partial charge in [-0.25, -0.2) is 0 Å². The van der Waals surface area contributed by atoms with Crippen molar-refractivity contribution in [3.63, 3.8) is 0 Å². The molecule has 0 heterocycles. The molecule has 1 heteroatoms. The van der Waals surface area contributed by atoms with Crippen LogP contribution >= 0.6 is 0 Å². The third-order valence-corrected chi connectivity index (χ3v) is 4.72. The Kier molecular flexibility index (Phi) is 3.59. The summed E-state index contributed by atoms with van der Waals surface area (Å²) in [6.07, 6.45) is 2.30. The van der Waals surface area contributed by atoms with E-state index in [1.807, 2.05) is 0 Å². The molecule has 1 radical (unpaired) electrons. The second-order valence-electron chi connectivity index (χ2n) is 8.59. The van der Waals surface area contributed by atoms with Crippen LogP contribution in [0.1, 0.15) is 63.8 Å². The average molecular weight is 307 g/mol. The molecule has 0 fully saturated rings. The van der Waals surface area contributed by atoms with Crippen molar-refractivity contribution < 1.29 is 4.74 Å². The lowest BCUT2D eigenvalue weighted by molar-refractivity contribution is 0.414. The van der Waals surface area contributed by atoms with E-state index in [1.165, 1.54) is 33.4 Å². The van der Waals surface area contributed by atoms with Crippen molar-refractivity contribution in [1.29, 1.82) is 0 Å². The number of fused-ring (bicyclic) bond motifs is 3. The molecule has 0 N–H and O–H groups in total. The molecule has 0 saturated heterocycles. The Morgan fingerprint density at radius 1 is 0.739 bits per heavy atom. The van der Waals surface area contributed by atoms with Gasteiger partial charge >= 0.3 is 0 Å². The number of rotatable bonds is 1. The molecule has 0 amide bonds. The molecule has 0 aromatic heterocycles. The molecule has 2 aromatic rings. The molecule has 23 heavy (non-hydrogen) atoms. The molecule has 0 saturated carbocycles. The zero-order valence-electron chi connectivity index (χ0n) is 15.4. The molecular formula is C22H27O. The van der Waals surface area contributed by atoms with Gasteiger partial charge in [0.05, 0.1) is 7.11 Å². The Bertz CT molecular complexity index is 755. The lowest BCUT2D eigenvalue weighted by atomic mass is 9.84. The summed E-state index contributed by atoms with van der Waals surface area (Å²) in [6.45, 7) is 13.5. The summed E-state index contributed by atoms with van der Waals surface area (Å²) in [6, 6.07) is 11.3. The van der Waals surface area contributed by atoms with E-state index < -0.39 is 0 Å². The summed E-state index contributed by atoms with van der Waals surface area (Å²) in [5.74, 6) is 0.978. The van der Waals surface area contributed by atoms with Crippen LogP contribution in [0.2, 0.25) is 0 Å². The zero-order valence-corrected chi connectivity index (χ0v) is 15.4. The molecule has 1 aliphatic rings. The van der Waals surface area contributed by atoms with Gasteiger partial charge in [-0.15, -0.1) is 0 Å². The van der Waals surface area contributed by atoms with Crippen LogP contribution in [0.4, 0.5) is 0 Å². The summed E-state index contributed by atoms with van der Waals surface area (Å²) in [5, 5.41) is 0. The van der Waals surface area contributed by atoms with Crippen LogP contribution < -0.4 is 4.74 Å². The predicted molar refractivity (Wildman–Crippen MR) is 98.3 cm³/mol. The average Bonchev–Trinajstić information content (AvgIpc) is 2.81. The normalized spacial score (nSPS) is 13.7. The topological polar surface area (TPSA) is 9.23 Å². The van der Waals surface area contributed by atoms with E-state index in [0.29, 0.717) is 0 Å². The highest BCUT2D eigenvalue weighted by molar-refractivity contribution is 5.86. The van der Waals surface area contributed by atoms with Crippen molar-refractivity contribution in [3.8, 4) is 16.9 Å². The summed E-state index contributed by atoms with van der Waals surface area (Å²) in [7, 11) is 1.77. The Balaban J connectivity index is 2.16. The lowest BCUT2D eigenvalue weighted by Gasteiger charge is -2.22. The highest BCUT2D eigenvalue weighted by Crippen LogP contribution is 2.46. The van der Waals surface area contributed by atoms with Crippen LogP contribution in [-0.2, 0) is 10.8 Å². The van der Waals surface area contributed by atoms with E-state index in [4.69, 9.17) is 4.74 Å². The minimum atomic E-state index is 0.113. The second kappa shape index (κ2) is 5.12. The van der Waals surface area contributed by atoms with E-state index >= 15 is 0 Å². The molecule has 1 nitrogen and oxygen atoms in total. The van der Waals surface area contributed by atoms with Crippen molar-refractivity contribution in [1.82, 2.24) is 0 Å². The fourth-order valence-electron chi connectivity index (χ4n) is 3.18. The summed E-state index contributed by atoms with van der Waals surface area (Å²) in [4.78, 5) is 0. The van der Waals surface area contributed by atoms with Gasteiger partial charge in [-0.1, -0.05) is 65.8 Å². The number of benzene rings is 2. The lowest BCUT2D eigenvalue weighted by Crippen LogP contribution is -2.11. The van der Waals surface area contributed by atoms with Crippen molar-refractivity contribution >= 4 is 0 Å². The molecule has 121 valence electrons. The van der Waals surface area contributed by atoms with Gasteiger partial charge in [0.25, 0.3) is 0 Å². The summed E-state index contributed by atoms with van der Waals surface area (Å²) in [5.41, 5.74) is 8.05. The largest absolute Gasteiger partial charge is 0.496 e. The van der Waals surface area contributed by atoms with Gasteiger partial charge in [-0.3, -0.25) is 0 Å². The first-order valence-corrected chi connectivity index (χ1v) is 8.33. The van der Waals surface area contributed by atoms with Crippen molar-refractivity contribution in [2.45, 2.75) is 52.4 Å². The minimum Gasteiger partial charge on any atom is -0.496 e. The van der Waals surface area contributed by atoms with E-state index in [1.54, 1.807) is 7.11 Å². The smallest absolute Gasteiger partial charge is 0.127 e. The van der Waals surface area contributed by atoms with E-state index in [0.717, 1.165) is 5.75 Å². The number of ether oxygens (including phenoxy) is 1. The molecule has 0 unspecified atom stereocenters. The Morgan fingerprint density at radius 3 is 1.91 bits per heavy atom. The molecule has 0 atom stereocenters. The monoisotopic (exact) mass is 307 g/mol. The Labute approximate surface area is 140 Å². The number of methoxy groups -OCH3 is 1. The molecule has 1 aliphatic carbocycles. The maximum Gasteiger partial charge on any atom is 0.127 e. The molecule has 0 aliphatic heterocycles. The maximum absolute atomic E-state index is 5.73. The Morgan fingerprint density at radius 2 is 1.35 bits per heavy atom. The number of hydrogen-bond acceptors (Lipinski definition) is 1. The quantitative estimate of drug-likeness (QED) is 0.546. The van der Waals surface area contributed by atoms with Crippen molar-refractivity contribution in [3.05, 3.63) is 59.0 Å². The Hall–Kier alpha value is -1.76. The predicted octanol–water partition coefficient (Wildman–Crippen LogP) is 5.87. The number of hydrogen-bond donors (Lipinski definition) is 0. The van der Waals surface area contributed by atoms with Crippen molar-refractivity contribution in [2.75, 3.05) is 7.11 Å². The molecular weight excluding hydrogens is 280 g/mol. The zero-order chi connectivity index (χ0) is 17.0. The fraction of sp³-hybridized carbons (Fsp3) is 0.409. The third-order valence-electron chi connectivity index (χ3n) is 4.72. The minimum absolute atomic E-state index is 0.113. The van der Waals surface area contributed by atoms with Crippen LogP contribution in [-0.4, -0.2) is 7.11 Å². The first-order chi connectivity index (χ1) is 10.6. The molecule has 0 spiro atoms. The fourth-order valence-corrected chi connectivity index (χ4v) is 3.18. The van der Waals surface area contributed by atoms with Crippen molar-refractivity contribution in [2.24, 2.45) is 0 Å². The van der Waals surface area contributed by atoms with Gasteiger partial charge in [0.2, 0.25) is 0 Å². The molecule has 0 bridgehead atoms. The van der Waals surface area contributed by atoms with E-state index in [9.17, 15) is 0 Å². The molecule has 2 aromatic carbocycles. The highest BCUT2D eigenvalue weighted by Gasteiger charge is 2.27. The first-order valence-electron chi connectivity index (χ1n) is 8.33. The van der Waals surface area contributed by atoms with E-state index in [2.05, 4.69) is 78.3 Å².